The molecule has 0 bridgehead atoms. The monoisotopic (exact) mass is 305 g/mol. The highest BCUT2D eigenvalue weighted by Crippen LogP contribution is 2.33. The lowest BCUT2D eigenvalue weighted by Gasteiger charge is -2.24. The summed E-state index contributed by atoms with van der Waals surface area (Å²) in [6, 6.07) is 4.65. The molecule has 0 aromatic heterocycles. The predicted molar refractivity (Wildman–Crippen MR) is 78.7 cm³/mol. The van der Waals surface area contributed by atoms with Crippen molar-refractivity contribution >= 4 is 11.8 Å². The van der Waals surface area contributed by atoms with Gasteiger partial charge in [-0.05, 0) is 31.0 Å². The molecule has 0 radical (unpaired) electrons. The summed E-state index contributed by atoms with van der Waals surface area (Å²) in [5.74, 6) is 0.894. The fraction of sp³-hybridized carbons (Fsp3) is 0.467. The van der Waals surface area contributed by atoms with Gasteiger partial charge in [0.2, 0.25) is 12.7 Å². The summed E-state index contributed by atoms with van der Waals surface area (Å²) in [5.41, 5.74) is 5.89. The van der Waals surface area contributed by atoms with Crippen molar-refractivity contribution in [2.75, 3.05) is 26.4 Å². The molecular weight excluding hydrogens is 286 g/mol. The molecule has 1 saturated heterocycles. The zero-order valence-corrected chi connectivity index (χ0v) is 12.2. The Morgan fingerprint density at radius 3 is 2.95 bits per heavy atom. The van der Waals surface area contributed by atoms with Crippen LogP contribution in [0.4, 0.5) is 0 Å². The van der Waals surface area contributed by atoms with Gasteiger partial charge in [0.05, 0.1) is 0 Å². The van der Waals surface area contributed by atoms with Gasteiger partial charge in [-0.1, -0.05) is 0 Å². The van der Waals surface area contributed by atoms with Gasteiger partial charge >= 0.3 is 0 Å². The van der Waals surface area contributed by atoms with Crippen molar-refractivity contribution < 1.29 is 19.1 Å². The smallest absolute Gasteiger partial charge is 0.254 e. The van der Waals surface area contributed by atoms with E-state index in [4.69, 9.17) is 15.2 Å². The molecule has 7 heteroatoms. The molecule has 3 N–H and O–H groups in total. The molecule has 0 spiro atoms. The molecule has 2 aliphatic rings. The number of carbonyl (C=O) groups is 2. The molecule has 1 atom stereocenters. The van der Waals surface area contributed by atoms with Gasteiger partial charge in [-0.2, -0.15) is 0 Å². The molecule has 1 aromatic carbocycles. The summed E-state index contributed by atoms with van der Waals surface area (Å²) in [4.78, 5) is 26.4. The Balaban J connectivity index is 1.74. The Kier molecular flexibility index (Phi) is 4.15. The number of nitrogens with two attached hydrogens (primary N) is 1. The first-order valence-corrected chi connectivity index (χ1v) is 7.39. The normalized spacial score (nSPS) is 19.3. The summed E-state index contributed by atoms with van der Waals surface area (Å²) >= 11 is 0. The van der Waals surface area contributed by atoms with Crippen molar-refractivity contribution in [2.24, 2.45) is 5.73 Å². The fourth-order valence-electron chi connectivity index (χ4n) is 2.79. The minimum Gasteiger partial charge on any atom is -0.454 e. The molecule has 2 amide bonds. The number of carbonyl (C=O) groups excluding carboxylic acids is 2. The Bertz CT molecular complexity index is 590. The zero-order chi connectivity index (χ0) is 15.5. The minimum absolute atomic E-state index is 0.142. The summed E-state index contributed by atoms with van der Waals surface area (Å²) in [6.45, 7) is 1.55. The van der Waals surface area contributed by atoms with Gasteiger partial charge in [-0.3, -0.25) is 9.59 Å². The van der Waals surface area contributed by atoms with E-state index in [1.165, 1.54) is 0 Å². The zero-order valence-electron chi connectivity index (χ0n) is 12.2. The summed E-state index contributed by atoms with van der Waals surface area (Å²) < 4.78 is 10.5. The van der Waals surface area contributed by atoms with Crippen molar-refractivity contribution in [3.05, 3.63) is 23.8 Å². The largest absolute Gasteiger partial charge is 0.454 e. The number of rotatable bonds is 4. The molecule has 118 valence electrons. The van der Waals surface area contributed by atoms with Crippen LogP contribution in [0.1, 0.15) is 23.2 Å². The SMILES string of the molecule is NCCNC(=O)C1CCCN1C(=O)c1ccc2c(c1)OCO2. The van der Waals surface area contributed by atoms with Crippen LogP contribution in [0.25, 0.3) is 0 Å². The molecule has 2 aliphatic heterocycles. The summed E-state index contributed by atoms with van der Waals surface area (Å²) in [7, 11) is 0. The van der Waals surface area contributed by atoms with Gasteiger partial charge in [0.15, 0.2) is 11.5 Å². The van der Waals surface area contributed by atoms with Crippen molar-refractivity contribution in [3.8, 4) is 11.5 Å². The van der Waals surface area contributed by atoms with Crippen LogP contribution < -0.4 is 20.5 Å². The van der Waals surface area contributed by atoms with E-state index in [9.17, 15) is 9.59 Å². The second kappa shape index (κ2) is 6.23. The van der Waals surface area contributed by atoms with Crippen LogP contribution in [-0.2, 0) is 4.79 Å². The molecular formula is C15H19N3O4. The van der Waals surface area contributed by atoms with Crippen molar-refractivity contribution in [1.29, 1.82) is 0 Å². The van der Waals surface area contributed by atoms with Crippen LogP contribution >= 0.6 is 0 Å². The molecule has 1 unspecified atom stereocenters. The third-order valence-corrected chi connectivity index (χ3v) is 3.88. The van der Waals surface area contributed by atoms with Crippen LogP contribution in [0.3, 0.4) is 0 Å². The number of nitrogens with one attached hydrogen (secondary N) is 1. The van der Waals surface area contributed by atoms with Gasteiger partial charge in [0, 0.05) is 25.2 Å². The quantitative estimate of drug-likeness (QED) is 0.822. The van der Waals surface area contributed by atoms with Crippen molar-refractivity contribution in [2.45, 2.75) is 18.9 Å². The van der Waals surface area contributed by atoms with Crippen molar-refractivity contribution in [1.82, 2.24) is 10.2 Å². The van der Waals surface area contributed by atoms with Crippen LogP contribution in [0.2, 0.25) is 0 Å². The average Bonchev–Trinajstić information content (AvgIpc) is 3.19. The highest BCUT2D eigenvalue weighted by atomic mass is 16.7. The second-order valence-corrected chi connectivity index (χ2v) is 5.30. The van der Waals surface area contributed by atoms with Gasteiger partial charge in [-0.25, -0.2) is 0 Å². The Morgan fingerprint density at radius 2 is 2.14 bits per heavy atom. The molecule has 1 aromatic rings. The molecule has 1 fully saturated rings. The number of ether oxygens (including phenoxy) is 2. The molecule has 22 heavy (non-hydrogen) atoms. The maximum Gasteiger partial charge on any atom is 0.254 e. The van der Waals surface area contributed by atoms with E-state index in [0.717, 1.165) is 6.42 Å². The van der Waals surface area contributed by atoms with E-state index in [1.54, 1.807) is 23.1 Å². The lowest BCUT2D eigenvalue weighted by molar-refractivity contribution is -0.124. The van der Waals surface area contributed by atoms with Gasteiger partial charge in [-0.15, -0.1) is 0 Å². The maximum atomic E-state index is 12.7. The number of nitrogens with zero attached hydrogens (tertiary/aromatic N) is 1. The molecule has 7 nitrogen and oxygen atoms in total. The number of hydrogen-bond acceptors (Lipinski definition) is 5. The van der Waals surface area contributed by atoms with E-state index >= 15 is 0 Å². The average molecular weight is 305 g/mol. The Hall–Kier alpha value is -2.28. The van der Waals surface area contributed by atoms with E-state index in [1.807, 2.05) is 0 Å². The Labute approximate surface area is 128 Å². The van der Waals surface area contributed by atoms with Crippen LogP contribution in [0.5, 0.6) is 11.5 Å². The number of likely N-dealkylation sites (tertiary alicyclic amines) is 1. The van der Waals surface area contributed by atoms with Gasteiger partial charge < -0.3 is 25.4 Å². The van der Waals surface area contributed by atoms with E-state index < -0.39 is 6.04 Å². The second-order valence-electron chi connectivity index (χ2n) is 5.30. The predicted octanol–water partition coefficient (Wildman–Crippen LogP) is 0.0948. The standard InChI is InChI=1S/C15H19N3O4/c16-5-6-17-14(19)11-2-1-7-18(11)15(20)10-3-4-12-13(8-10)22-9-21-12/h3-4,8,11H,1-2,5-7,9,16H2,(H,17,19). The molecule has 2 heterocycles. The lowest BCUT2D eigenvalue weighted by atomic mass is 10.1. The molecule has 3 rings (SSSR count). The summed E-state index contributed by atoms with van der Waals surface area (Å²) in [6.07, 6.45) is 1.49. The fourth-order valence-corrected chi connectivity index (χ4v) is 2.79. The maximum absolute atomic E-state index is 12.7. The first-order valence-electron chi connectivity index (χ1n) is 7.39. The number of amides is 2. The molecule has 0 saturated carbocycles. The van der Waals surface area contributed by atoms with E-state index in [-0.39, 0.29) is 18.6 Å². The first-order chi connectivity index (χ1) is 10.7. The van der Waals surface area contributed by atoms with E-state index in [2.05, 4.69) is 5.32 Å². The van der Waals surface area contributed by atoms with Crippen LogP contribution in [-0.4, -0.2) is 49.2 Å². The minimum atomic E-state index is -0.426. The molecule has 0 aliphatic carbocycles. The number of fused-ring (bicyclic) bond motifs is 1. The number of hydrogen-bond donors (Lipinski definition) is 2. The van der Waals surface area contributed by atoms with Gasteiger partial charge in [0.1, 0.15) is 6.04 Å². The highest BCUT2D eigenvalue weighted by molar-refractivity contribution is 5.98. The van der Waals surface area contributed by atoms with Crippen LogP contribution in [0.15, 0.2) is 18.2 Å². The topological polar surface area (TPSA) is 93.9 Å². The lowest BCUT2D eigenvalue weighted by Crippen LogP contribution is -2.46. The highest BCUT2D eigenvalue weighted by Gasteiger charge is 2.34. The first kappa shape index (κ1) is 14.6. The third-order valence-electron chi connectivity index (χ3n) is 3.88. The summed E-state index contributed by atoms with van der Waals surface area (Å²) in [5, 5.41) is 2.75. The van der Waals surface area contributed by atoms with Crippen molar-refractivity contribution in [3.63, 3.8) is 0 Å². The van der Waals surface area contributed by atoms with Crippen LogP contribution in [0, 0.1) is 0 Å². The van der Waals surface area contributed by atoms with E-state index in [0.29, 0.717) is 43.1 Å². The number of benzene rings is 1. The van der Waals surface area contributed by atoms with Gasteiger partial charge in [0.25, 0.3) is 5.91 Å². The third kappa shape index (κ3) is 2.71. The Morgan fingerprint density at radius 1 is 1.32 bits per heavy atom.